The van der Waals surface area contributed by atoms with Crippen LogP contribution in [0.25, 0.3) is 0 Å². The van der Waals surface area contributed by atoms with Crippen molar-refractivity contribution in [1.29, 1.82) is 0 Å². The number of hydrogen-bond acceptors (Lipinski definition) is 3. The first kappa shape index (κ1) is 21.3. The van der Waals surface area contributed by atoms with Crippen LogP contribution in [0.15, 0.2) is 30.3 Å². The molecule has 1 aromatic heterocycles. The van der Waals surface area contributed by atoms with Crippen LogP contribution >= 0.6 is 12.2 Å². The molecule has 30 heavy (non-hydrogen) atoms. The second-order valence-electron chi connectivity index (χ2n) is 8.93. The number of hydrogen-bond donors (Lipinski definition) is 1. The Bertz CT molecular complexity index is 919. The van der Waals surface area contributed by atoms with Gasteiger partial charge in [-0.05, 0) is 63.9 Å². The van der Waals surface area contributed by atoms with Crippen molar-refractivity contribution in [2.45, 2.75) is 71.5 Å². The number of carbonyl (C=O) groups excluding carboxylic acids is 1. The summed E-state index contributed by atoms with van der Waals surface area (Å²) in [5, 5.41) is 3.06. The summed E-state index contributed by atoms with van der Waals surface area (Å²) < 4.78 is 5.70. The first-order valence-electron chi connectivity index (χ1n) is 11.4. The maximum Gasteiger partial charge on any atom is 0.227 e. The number of nitrogens with one attached hydrogen (secondary N) is 1. The molecular formula is C24H34N4OS. The lowest BCUT2D eigenvalue weighted by Gasteiger charge is -2.31. The zero-order valence-corrected chi connectivity index (χ0v) is 19.1. The molecule has 1 saturated carbocycles. The van der Waals surface area contributed by atoms with Crippen molar-refractivity contribution >= 4 is 23.8 Å². The lowest BCUT2D eigenvalue weighted by molar-refractivity contribution is -0.121. The van der Waals surface area contributed by atoms with Gasteiger partial charge in [0.05, 0.1) is 6.67 Å². The summed E-state index contributed by atoms with van der Waals surface area (Å²) in [4.78, 5) is 15.1. The first-order valence-corrected chi connectivity index (χ1v) is 11.8. The van der Waals surface area contributed by atoms with E-state index >= 15 is 0 Å². The third kappa shape index (κ3) is 4.54. The Balaban J connectivity index is 1.37. The lowest BCUT2D eigenvalue weighted by Crippen LogP contribution is -2.39. The zero-order chi connectivity index (χ0) is 21.1. The molecule has 1 aromatic carbocycles. The fourth-order valence-electron chi connectivity index (χ4n) is 5.02. The Morgan fingerprint density at radius 2 is 1.67 bits per heavy atom. The number of amides is 1. The summed E-state index contributed by atoms with van der Waals surface area (Å²) in [5.74, 6) is 0.233. The summed E-state index contributed by atoms with van der Waals surface area (Å²) in [6, 6.07) is 10.3. The van der Waals surface area contributed by atoms with Crippen molar-refractivity contribution in [3.63, 3.8) is 0 Å². The molecule has 2 aromatic rings. The van der Waals surface area contributed by atoms with Crippen LogP contribution in [-0.2, 0) is 11.5 Å². The van der Waals surface area contributed by atoms with Crippen LogP contribution in [0, 0.1) is 24.5 Å². The van der Waals surface area contributed by atoms with Gasteiger partial charge in [-0.15, -0.1) is 0 Å². The van der Waals surface area contributed by atoms with Gasteiger partial charge in [0.1, 0.15) is 0 Å². The van der Waals surface area contributed by atoms with E-state index in [2.05, 4.69) is 33.2 Å². The molecule has 2 fully saturated rings. The number of aromatic nitrogens is 2. The SMILES string of the molecule is Cc1c(C)n(C2CCCCC2)c(=S)n1CN1CCC(C(=O)Nc2ccccc2)CC1. The predicted molar refractivity (Wildman–Crippen MR) is 124 cm³/mol. The Hall–Kier alpha value is -1.92. The molecule has 1 amide bonds. The fourth-order valence-corrected chi connectivity index (χ4v) is 5.51. The van der Waals surface area contributed by atoms with Crippen LogP contribution in [0.5, 0.6) is 0 Å². The maximum atomic E-state index is 12.6. The van der Waals surface area contributed by atoms with Crippen molar-refractivity contribution < 1.29 is 4.79 Å². The highest BCUT2D eigenvalue weighted by molar-refractivity contribution is 7.71. The number of anilines is 1. The van der Waals surface area contributed by atoms with E-state index in [1.165, 1.54) is 43.5 Å². The van der Waals surface area contributed by atoms with E-state index in [1.54, 1.807) is 0 Å². The molecule has 162 valence electrons. The Morgan fingerprint density at radius 1 is 1.00 bits per heavy atom. The van der Waals surface area contributed by atoms with Crippen molar-refractivity contribution in [1.82, 2.24) is 14.0 Å². The van der Waals surface area contributed by atoms with Gasteiger partial charge >= 0.3 is 0 Å². The number of carbonyl (C=O) groups is 1. The number of rotatable bonds is 5. The van der Waals surface area contributed by atoms with Crippen LogP contribution in [0.2, 0.25) is 0 Å². The molecule has 5 nitrogen and oxygen atoms in total. The summed E-state index contributed by atoms with van der Waals surface area (Å²) in [6.07, 6.45) is 8.28. The molecule has 4 rings (SSSR count). The highest BCUT2D eigenvalue weighted by Gasteiger charge is 2.27. The second kappa shape index (κ2) is 9.48. The van der Waals surface area contributed by atoms with E-state index in [-0.39, 0.29) is 11.8 Å². The number of nitrogens with zero attached hydrogens (tertiary/aromatic N) is 3. The largest absolute Gasteiger partial charge is 0.326 e. The van der Waals surface area contributed by atoms with E-state index in [1.807, 2.05) is 30.3 Å². The zero-order valence-electron chi connectivity index (χ0n) is 18.3. The minimum absolute atomic E-state index is 0.0871. The average Bonchev–Trinajstić information content (AvgIpc) is 2.98. The van der Waals surface area contributed by atoms with Gasteiger partial charge in [0.2, 0.25) is 5.91 Å². The maximum absolute atomic E-state index is 12.6. The normalized spacial score (nSPS) is 19.1. The molecule has 1 N–H and O–H groups in total. The lowest BCUT2D eigenvalue weighted by atomic mass is 9.95. The van der Waals surface area contributed by atoms with Gasteiger partial charge in [0.25, 0.3) is 0 Å². The molecule has 6 heteroatoms. The fraction of sp³-hybridized carbons (Fsp3) is 0.583. The van der Waals surface area contributed by atoms with E-state index in [9.17, 15) is 4.79 Å². The number of para-hydroxylation sites is 1. The molecule has 0 radical (unpaired) electrons. The van der Waals surface area contributed by atoms with E-state index < -0.39 is 0 Å². The smallest absolute Gasteiger partial charge is 0.227 e. The standard InChI is InChI=1S/C24H34N4OS/c1-18-19(2)28(22-11-7-4-8-12-22)24(30)27(18)17-26-15-13-20(14-16-26)23(29)25-21-9-5-3-6-10-21/h3,5-6,9-10,20,22H,4,7-8,11-17H2,1-2H3,(H,25,29). The van der Waals surface area contributed by atoms with Gasteiger partial charge in [0.15, 0.2) is 4.77 Å². The molecule has 2 heterocycles. The van der Waals surface area contributed by atoms with Gasteiger partial charge in [-0.2, -0.15) is 0 Å². The van der Waals surface area contributed by atoms with Gasteiger partial charge in [-0.25, -0.2) is 0 Å². The molecule has 0 bridgehead atoms. The Kier molecular flexibility index (Phi) is 6.74. The van der Waals surface area contributed by atoms with Crippen LogP contribution in [-0.4, -0.2) is 33.0 Å². The van der Waals surface area contributed by atoms with Gasteiger partial charge < -0.3 is 14.5 Å². The summed E-state index contributed by atoms with van der Waals surface area (Å²) in [5.41, 5.74) is 3.49. The molecule has 1 aliphatic carbocycles. The monoisotopic (exact) mass is 426 g/mol. The number of benzene rings is 1. The Labute approximate surface area is 185 Å². The molecule has 0 atom stereocenters. The van der Waals surface area contributed by atoms with Gasteiger partial charge in [-0.3, -0.25) is 9.69 Å². The number of piperidine rings is 1. The number of likely N-dealkylation sites (tertiary alicyclic amines) is 1. The van der Waals surface area contributed by atoms with Crippen LogP contribution in [0.3, 0.4) is 0 Å². The van der Waals surface area contributed by atoms with Crippen molar-refractivity contribution in [3.8, 4) is 0 Å². The van der Waals surface area contributed by atoms with Crippen molar-refractivity contribution in [2.75, 3.05) is 18.4 Å². The quantitative estimate of drug-likeness (QED) is 0.647. The molecule has 2 aliphatic rings. The first-order chi connectivity index (χ1) is 14.5. The van der Waals surface area contributed by atoms with Crippen LogP contribution < -0.4 is 5.32 Å². The topological polar surface area (TPSA) is 42.2 Å². The number of imidazole rings is 1. The average molecular weight is 427 g/mol. The minimum Gasteiger partial charge on any atom is -0.326 e. The van der Waals surface area contributed by atoms with Gasteiger partial charge in [-0.1, -0.05) is 37.5 Å². The molecule has 1 aliphatic heterocycles. The predicted octanol–water partition coefficient (Wildman–Crippen LogP) is 5.45. The van der Waals surface area contributed by atoms with E-state index in [0.29, 0.717) is 6.04 Å². The van der Waals surface area contributed by atoms with Crippen LogP contribution in [0.4, 0.5) is 5.69 Å². The third-order valence-electron chi connectivity index (χ3n) is 7.01. The molecule has 0 spiro atoms. The Morgan fingerprint density at radius 3 is 2.33 bits per heavy atom. The van der Waals surface area contributed by atoms with E-state index in [0.717, 1.165) is 43.1 Å². The highest BCUT2D eigenvalue weighted by Crippen LogP contribution is 2.31. The highest BCUT2D eigenvalue weighted by atomic mass is 32.1. The second-order valence-corrected chi connectivity index (χ2v) is 9.30. The van der Waals surface area contributed by atoms with Crippen molar-refractivity contribution in [3.05, 3.63) is 46.5 Å². The van der Waals surface area contributed by atoms with Gasteiger partial charge in [0, 0.05) is 42.1 Å². The van der Waals surface area contributed by atoms with Crippen LogP contribution in [0.1, 0.15) is 62.4 Å². The molecule has 0 unspecified atom stereocenters. The summed E-state index contributed by atoms with van der Waals surface area (Å²) in [7, 11) is 0. The third-order valence-corrected chi connectivity index (χ3v) is 7.42. The molecule has 1 saturated heterocycles. The molecular weight excluding hydrogens is 392 g/mol. The van der Waals surface area contributed by atoms with E-state index in [4.69, 9.17) is 12.2 Å². The minimum atomic E-state index is 0.0871. The summed E-state index contributed by atoms with van der Waals surface area (Å²) in [6.45, 7) is 7.11. The van der Waals surface area contributed by atoms with Crippen molar-refractivity contribution in [2.24, 2.45) is 5.92 Å². The summed E-state index contributed by atoms with van der Waals surface area (Å²) >= 11 is 5.92.